The molecule has 72 valence electrons. The van der Waals surface area contributed by atoms with Crippen molar-refractivity contribution in [2.75, 3.05) is 0 Å². The molecule has 0 saturated heterocycles. The average molecular weight is 208 g/mol. The summed E-state index contributed by atoms with van der Waals surface area (Å²) in [5, 5.41) is 5.34. The van der Waals surface area contributed by atoms with Crippen molar-refractivity contribution in [3.8, 4) is 0 Å². The highest BCUT2D eigenvalue weighted by atomic mass is 32.1. The lowest BCUT2D eigenvalue weighted by molar-refractivity contribution is 0.102. The van der Waals surface area contributed by atoms with Gasteiger partial charge < -0.3 is 4.57 Å². The standard InChI is InChI=1S/C8H8N4OS/c1-2-12-4-3-9-8(12)7(13)6-5-14-11-10-6/h3-5H,2H2,1H3. The number of aryl methyl sites for hydroxylation is 1. The van der Waals surface area contributed by atoms with Crippen LogP contribution in [0.2, 0.25) is 0 Å². The number of nitrogens with zero attached hydrogens (tertiary/aromatic N) is 4. The molecule has 6 heteroatoms. The van der Waals surface area contributed by atoms with Crippen LogP contribution in [0.5, 0.6) is 0 Å². The van der Waals surface area contributed by atoms with Crippen LogP contribution in [-0.4, -0.2) is 24.9 Å². The molecule has 0 aromatic carbocycles. The minimum absolute atomic E-state index is 0.175. The zero-order chi connectivity index (χ0) is 9.97. The van der Waals surface area contributed by atoms with E-state index >= 15 is 0 Å². The van der Waals surface area contributed by atoms with Crippen molar-refractivity contribution in [1.29, 1.82) is 0 Å². The van der Waals surface area contributed by atoms with Gasteiger partial charge in [0, 0.05) is 24.3 Å². The van der Waals surface area contributed by atoms with Crippen LogP contribution < -0.4 is 0 Å². The van der Waals surface area contributed by atoms with E-state index in [1.165, 1.54) is 0 Å². The predicted molar refractivity (Wildman–Crippen MR) is 51.2 cm³/mol. The molecule has 0 aliphatic rings. The highest BCUT2D eigenvalue weighted by Gasteiger charge is 2.16. The average Bonchev–Trinajstić information content (AvgIpc) is 2.87. The minimum Gasteiger partial charge on any atom is -0.328 e. The van der Waals surface area contributed by atoms with Crippen LogP contribution in [0, 0.1) is 0 Å². The Bertz CT molecular complexity index is 434. The zero-order valence-corrected chi connectivity index (χ0v) is 8.36. The Morgan fingerprint density at radius 1 is 1.64 bits per heavy atom. The Kier molecular flexibility index (Phi) is 2.36. The molecule has 0 unspecified atom stereocenters. The fraction of sp³-hybridized carbons (Fsp3) is 0.250. The third kappa shape index (κ3) is 1.44. The second-order valence-electron chi connectivity index (χ2n) is 2.66. The molecule has 0 radical (unpaired) electrons. The summed E-state index contributed by atoms with van der Waals surface area (Å²) in [4.78, 5) is 15.8. The van der Waals surface area contributed by atoms with Gasteiger partial charge in [-0.25, -0.2) is 4.98 Å². The van der Waals surface area contributed by atoms with Crippen molar-refractivity contribution in [3.63, 3.8) is 0 Å². The molecule has 0 amide bonds. The minimum atomic E-state index is -0.175. The Hall–Kier alpha value is -1.56. The summed E-state index contributed by atoms with van der Waals surface area (Å²) < 4.78 is 5.42. The summed E-state index contributed by atoms with van der Waals surface area (Å²) >= 11 is 1.16. The van der Waals surface area contributed by atoms with E-state index in [1.54, 1.807) is 22.3 Å². The lowest BCUT2D eigenvalue weighted by Crippen LogP contribution is -2.10. The van der Waals surface area contributed by atoms with Crippen LogP contribution in [0.15, 0.2) is 17.8 Å². The molecular formula is C8H8N4OS. The largest absolute Gasteiger partial charge is 0.328 e. The number of rotatable bonds is 3. The van der Waals surface area contributed by atoms with Crippen LogP contribution in [0.1, 0.15) is 23.2 Å². The van der Waals surface area contributed by atoms with Gasteiger partial charge in [0.05, 0.1) is 0 Å². The fourth-order valence-electron chi connectivity index (χ4n) is 1.15. The van der Waals surface area contributed by atoms with Gasteiger partial charge in [-0.3, -0.25) is 4.79 Å². The number of aromatic nitrogens is 4. The lowest BCUT2D eigenvalue weighted by Gasteiger charge is -2.00. The van der Waals surface area contributed by atoms with Crippen LogP contribution >= 0.6 is 11.5 Å². The molecule has 2 heterocycles. The Labute approximate surface area is 84.6 Å². The first-order valence-corrected chi connectivity index (χ1v) is 4.99. The summed E-state index contributed by atoms with van der Waals surface area (Å²) in [7, 11) is 0. The molecule has 0 fully saturated rings. The number of ketones is 1. The second kappa shape index (κ2) is 3.67. The van der Waals surface area contributed by atoms with Gasteiger partial charge in [-0.15, -0.1) is 5.10 Å². The van der Waals surface area contributed by atoms with Crippen molar-refractivity contribution in [1.82, 2.24) is 19.1 Å². The third-order valence-corrected chi connectivity index (χ3v) is 2.36. The molecule has 2 rings (SSSR count). The molecule has 0 spiro atoms. The number of imidazole rings is 1. The van der Waals surface area contributed by atoms with E-state index in [2.05, 4.69) is 14.6 Å². The Balaban J connectivity index is 2.36. The van der Waals surface area contributed by atoms with Gasteiger partial charge in [-0.2, -0.15) is 0 Å². The van der Waals surface area contributed by atoms with Crippen LogP contribution in [-0.2, 0) is 6.54 Å². The third-order valence-electron chi connectivity index (χ3n) is 1.85. The van der Waals surface area contributed by atoms with E-state index in [1.807, 2.05) is 6.92 Å². The quantitative estimate of drug-likeness (QED) is 0.705. The van der Waals surface area contributed by atoms with Gasteiger partial charge >= 0.3 is 0 Å². The molecule has 14 heavy (non-hydrogen) atoms. The molecule has 0 atom stereocenters. The van der Waals surface area contributed by atoms with Crippen molar-refractivity contribution < 1.29 is 4.79 Å². The summed E-state index contributed by atoms with van der Waals surface area (Å²) in [6.45, 7) is 2.68. The molecular weight excluding hydrogens is 200 g/mol. The first-order chi connectivity index (χ1) is 6.83. The zero-order valence-electron chi connectivity index (χ0n) is 7.54. The van der Waals surface area contributed by atoms with Crippen LogP contribution in [0.3, 0.4) is 0 Å². The van der Waals surface area contributed by atoms with Gasteiger partial charge in [0.2, 0.25) is 5.78 Å². The number of carbonyl (C=O) groups is 1. The monoisotopic (exact) mass is 208 g/mol. The van der Waals surface area contributed by atoms with Gasteiger partial charge in [0.25, 0.3) is 0 Å². The van der Waals surface area contributed by atoms with Gasteiger partial charge in [0.15, 0.2) is 5.82 Å². The molecule has 2 aromatic rings. The van der Waals surface area contributed by atoms with Crippen molar-refractivity contribution >= 4 is 17.3 Å². The van der Waals surface area contributed by atoms with E-state index in [4.69, 9.17) is 0 Å². The molecule has 0 saturated carbocycles. The molecule has 0 aliphatic heterocycles. The van der Waals surface area contributed by atoms with Crippen molar-refractivity contribution in [2.24, 2.45) is 0 Å². The van der Waals surface area contributed by atoms with E-state index in [0.717, 1.165) is 18.1 Å². The van der Waals surface area contributed by atoms with Crippen molar-refractivity contribution in [2.45, 2.75) is 13.5 Å². The highest BCUT2D eigenvalue weighted by molar-refractivity contribution is 7.03. The highest BCUT2D eigenvalue weighted by Crippen LogP contribution is 2.06. The Morgan fingerprint density at radius 2 is 2.50 bits per heavy atom. The summed E-state index contributed by atoms with van der Waals surface area (Å²) in [6, 6.07) is 0. The smallest absolute Gasteiger partial charge is 0.249 e. The molecule has 0 bridgehead atoms. The van der Waals surface area contributed by atoms with E-state index in [0.29, 0.717) is 11.5 Å². The fourth-order valence-corrected chi connectivity index (χ4v) is 1.59. The summed E-state index contributed by atoms with van der Waals surface area (Å²) in [5.41, 5.74) is 0.357. The van der Waals surface area contributed by atoms with E-state index < -0.39 is 0 Å². The van der Waals surface area contributed by atoms with Crippen LogP contribution in [0.4, 0.5) is 0 Å². The molecule has 5 nitrogen and oxygen atoms in total. The second-order valence-corrected chi connectivity index (χ2v) is 3.27. The number of carbonyl (C=O) groups excluding carboxylic acids is 1. The Morgan fingerprint density at radius 3 is 3.14 bits per heavy atom. The van der Waals surface area contributed by atoms with Crippen LogP contribution in [0.25, 0.3) is 0 Å². The van der Waals surface area contributed by atoms with Crippen molar-refractivity contribution in [3.05, 3.63) is 29.3 Å². The van der Waals surface area contributed by atoms with E-state index in [-0.39, 0.29) is 5.78 Å². The normalized spacial score (nSPS) is 10.4. The van der Waals surface area contributed by atoms with Gasteiger partial charge in [-0.05, 0) is 18.5 Å². The first kappa shape index (κ1) is 9.01. The number of hydrogen-bond donors (Lipinski definition) is 0. The SMILES string of the molecule is CCn1ccnc1C(=O)c1csnn1. The maximum atomic E-state index is 11.8. The maximum Gasteiger partial charge on any atom is 0.249 e. The first-order valence-electron chi connectivity index (χ1n) is 4.15. The molecule has 2 aromatic heterocycles. The van der Waals surface area contributed by atoms with Gasteiger partial charge in [0.1, 0.15) is 5.69 Å². The molecule has 0 N–H and O–H groups in total. The topological polar surface area (TPSA) is 60.7 Å². The lowest BCUT2D eigenvalue weighted by atomic mass is 10.3. The van der Waals surface area contributed by atoms with E-state index in [9.17, 15) is 4.79 Å². The predicted octanol–water partition coefficient (Wildman–Crippen LogP) is 0.985. The maximum absolute atomic E-state index is 11.8. The summed E-state index contributed by atoms with van der Waals surface area (Å²) in [6.07, 6.45) is 3.38. The number of hydrogen-bond acceptors (Lipinski definition) is 5. The van der Waals surface area contributed by atoms with Gasteiger partial charge in [-0.1, -0.05) is 4.49 Å². The molecule has 0 aliphatic carbocycles. The summed E-state index contributed by atoms with van der Waals surface area (Å²) in [5.74, 6) is 0.241.